The van der Waals surface area contributed by atoms with Gasteiger partial charge in [-0.3, -0.25) is 0 Å². The molecule has 0 spiro atoms. The van der Waals surface area contributed by atoms with Crippen LogP contribution in [0.4, 0.5) is 4.79 Å². The van der Waals surface area contributed by atoms with Crippen LogP contribution in [0.2, 0.25) is 0 Å². The summed E-state index contributed by atoms with van der Waals surface area (Å²) >= 11 is 0. The van der Waals surface area contributed by atoms with Crippen LogP contribution in [0.3, 0.4) is 0 Å². The summed E-state index contributed by atoms with van der Waals surface area (Å²) in [4.78, 5) is 10.4. The molecule has 0 aromatic heterocycles. The minimum absolute atomic E-state index is 0.167. The number of aliphatic hydroxyl groups excluding tert-OH is 1. The van der Waals surface area contributed by atoms with Crippen LogP contribution in [0.1, 0.15) is 0 Å². The monoisotopic (exact) mass is 132 g/mol. The lowest BCUT2D eigenvalue weighted by molar-refractivity contribution is 0.0948. The first kappa shape index (κ1) is 6.31. The number of hydrazine groups is 1. The summed E-state index contributed by atoms with van der Waals surface area (Å²) < 4.78 is 4.53. The van der Waals surface area contributed by atoms with E-state index < -0.39 is 12.2 Å². The van der Waals surface area contributed by atoms with Gasteiger partial charge in [0.15, 0.2) is 0 Å². The second kappa shape index (κ2) is 2.20. The molecular weight excluding hydrogens is 124 g/mol. The van der Waals surface area contributed by atoms with Crippen molar-refractivity contribution in [3.63, 3.8) is 0 Å². The second-order valence-corrected chi connectivity index (χ2v) is 1.84. The molecule has 0 radical (unpaired) electrons. The Morgan fingerprint density at radius 3 is 2.89 bits per heavy atom. The molecule has 1 aliphatic rings. The molecule has 9 heavy (non-hydrogen) atoms. The van der Waals surface area contributed by atoms with Gasteiger partial charge in [0.25, 0.3) is 0 Å². The Balaban J connectivity index is 2.44. The molecule has 0 bridgehead atoms. The van der Waals surface area contributed by atoms with Crippen molar-refractivity contribution in [2.45, 2.75) is 6.10 Å². The lowest BCUT2D eigenvalue weighted by atomic mass is 10.4. The average Bonchev–Trinajstić information content (AvgIpc) is 2.13. The van der Waals surface area contributed by atoms with E-state index in [4.69, 9.17) is 10.9 Å². The zero-order valence-electron chi connectivity index (χ0n) is 4.78. The number of rotatable bonds is 1. The van der Waals surface area contributed by atoms with E-state index in [-0.39, 0.29) is 13.2 Å². The molecule has 5 heteroatoms. The molecule has 1 fully saturated rings. The number of hydrogen-bond acceptors (Lipinski definition) is 4. The Morgan fingerprint density at radius 2 is 2.67 bits per heavy atom. The van der Waals surface area contributed by atoms with E-state index >= 15 is 0 Å². The van der Waals surface area contributed by atoms with E-state index in [1.807, 2.05) is 0 Å². The largest absolute Gasteiger partial charge is 0.441 e. The summed E-state index contributed by atoms with van der Waals surface area (Å²) in [6, 6.07) is 0. The number of cyclic esters (lactones) is 1. The van der Waals surface area contributed by atoms with Gasteiger partial charge in [0.1, 0.15) is 6.10 Å². The van der Waals surface area contributed by atoms with Crippen molar-refractivity contribution in [1.29, 1.82) is 0 Å². The highest BCUT2D eigenvalue weighted by Gasteiger charge is 2.27. The van der Waals surface area contributed by atoms with Crippen molar-refractivity contribution < 1.29 is 14.6 Å². The first-order chi connectivity index (χ1) is 4.24. The standard InChI is InChI=1S/C4H8N2O3/c5-6-1-3(2-7)9-4(6)8/h3,7H,1-2,5H2. The molecule has 52 valence electrons. The second-order valence-electron chi connectivity index (χ2n) is 1.84. The van der Waals surface area contributed by atoms with Crippen molar-refractivity contribution in [3.05, 3.63) is 0 Å². The Bertz CT molecular complexity index is 127. The Labute approximate surface area is 52.0 Å². The zero-order valence-corrected chi connectivity index (χ0v) is 4.78. The van der Waals surface area contributed by atoms with Gasteiger partial charge in [-0.15, -0.1) is 0 Å². The first-order valence-corrected chi connectivity index (χ1v) is 2.57. The molecule has 0 aliphatic carbocycles. The lowest BCUT2D eigenvalue weighted by Gasteiger charge is -2.00. The summed E-state index contributed by atoms with van der Waals surface area (Å²) in [7, 11) is 0. The van der Waals surface area contributed by atoms with E-state index in [1.165, 1.54) is 0 Å². The lowest BCUT2D eigenvalue weighted by Crippen LogP contribution is -2.32. The molecule has 3 N–H and O–H groups in total. The number of nitrogens with two attached hydrogens (primary N) is 1. The molecule has 1 saturated heterocycles. The molecule has 0 aromatic carbocycles. The molecular formula is C4H8N2O3. The summed E-state index contributed by atoms with van der Waals surface area (Å²) in [5, 5.41) is 9.37. The fourth-order valence-corrected chi connectivity index (χ4v) is 0.636. The molecule has 0 aromatic rings. The zero-order chi connectivity index (χ0) is 6.85. The summed E-state index contributed by atoms with van der Waals surface area (Å²) in [5.74, 6) is 5.09. The van der Waals surface area contributed by atoms with E-state index in [2.05, 4.69) is 4.74 Å². The number of aliphatic hydroxyl groups is 1. The van der Waals surface area contributed by atoms with Gasteiger partial charge in [-0.1, -0.05) is 0 Å². The van der Waals surface area contributed by atoms with Crippen molar-refractivity contribution in [2.75, 3.05) is 13.2 Å². The van der Waals surface area contributed by atoms with E-state index in [0.29, 0.717) is 0 Å². The fraction of sp³-hybridized carbons (Fsp3) is 0.750. The highest BCUT2D eigenvalue weighted by atomic mass is 16.6. The summed E-state index contributed by atoms with van der Waals surface area (Å²) in [6.45, 7) is 0.106. The van der Waals surface area contributed by atoms with Crippen LogP contribution >= 0.6 is 0 Å². The number of ether oxygens (including phenoxy) is 1. The van der Waals surface area contributed by atoms with Crippen molar-refractivity contribution >= 4 is 6.09 Å². The minimum Gasteiger partial charge on any atom is -0.441 e. The van der Waals surface area contributed by atoms with Gasteiger partial charge in [-0.25, -0.2) is 15.6 Å². The van der Waals surface area contributed by atoms with Gasteiger partial charge in [-0.05, 0) is 0 Å². The van der Waals surface area contributed by atoms with Crippen LogP contribution in [0.25, 0.3) is 0 Å². The number of hydrogen-bond donors (Lipinski definition) is 2. The number of carbonyl (C=O) groups is 1. The molecule has 1 unspecified atom stereocenters. The van der Waals surface area contributed by atoms with E-state index in [9.17, 15) is 4.79 Å². The Hall–Kier alpha value is -0.810. The maximum atomic E-state index is 10.4. The number of carbonyl (C=O) groups excluding carboxylic acids is 1. The van der Waals surface area contributed by atoms with Crippen LogP contribution in [-0.2, 0) is 4.74 Å². The number of nitrogens with zero attached hydrogens (tertiary/aromatic N) is 1. The van der Waals surface area contributed by atoms with Gasteiger partial charge < -0.3 is 9.84 Å². The summed E-state index contributed by atoms with van der Waals surface area (Å²) in [5.41, 5.74) is 0. The Morgan fingerprint density at radius 1 is 2.00 bits per heavy atom. The smallest absolute Gasteiger partial charge is 0.424 e. The van der Waals surface area contributed by atoms with E-state index in [1.54, 1.807) is 0 Å². The third kappa shape index (κ3) is 1.11. The highest BCUT2D eigenvalue weighted by Crippen LogP contribution is 2.04. The minimum atomic E-state index is -0.575. The summed E-state index contributed by atoms with van der Waals surface area (Å²) in [6.07, 6.45) is -1.02. The van der Waals surface area contributed by atoms with Crippen molar-refractivity contribution in [1.82, 2.24) is 5.01 Å². The van der Waals surface area contributed by atoms with E-state index in [0.717, 1.165) is 5.01 Å². The predicted octanol–water partition coefficient (Wildman–Crippen LogP) is -1.33. The van der Waals surface area contributed by atoms with Gasteiger partial charge in [-0.2, -0.15) is 0 Å². The topological polar surface area (TPSA) is 75.8 Å². The third-order valence-corrected chi connectivity index (χ3v) is 1.11. The van der Waals surface area contributed by atoms with Crippen LogP contribution in [-0.4, -0.2) is 35.5 Å². The molecule has 5 nitrogen and oxygen atoms in total. The van der Waals surface area contributed by atoms with Gasteiger partial charge in [0, 0.05) is 0 Å². The normalized spacial score (nSPS) is 26.7. The SMILES string of the molecule is NN1CC(CO)OC1=O. The fourth-order valence-electron chi connectivity index (χ4n) is 0.636. The van der Waals surface area contributed by atoms with Gasteiger partial charge in [0.2, 0.25) is 0 Å². The van der Waals surface area contributed by atoms with Crippen LogP contribution in [0.5, 0.6) is 0 Å². The van der Waals surface area contributed by atoms with Crippen LogP contribution in [0, 0.1) is 0 Å². The average molecular weight is 132 g/mol. The first-order valence-electron chi connectivity index (χ1n) is 2.57. The van der Waals surface area contributed by atoms with Crippen molar-refractivity contribution in [2.24, 2.45) is 5.84 Å². The molecule has 0 saturated carbocycles. The Kier molecular flexibility index (Phi) is 1.54. The van der Waals surface area contributed by atoms with Crippen LogP contribution < -0.4 is 5.84 Å². The molecule has 1 aliphatic heterocycles. The third-order valence-electron chi connectivity index (χ3n) is 1.11. The van der Waals surface area contributed by atoms with Gasteiger partial charge >= 0.3 is 6.09 Å². The number of amides is 1. The quantitative estimate of drug-likeness (QED) is 0.342. The molecule has 1 amide bonds. The molecule has 1 atom stereocenters. The van der Waals surface area contributed by atoms with Crippen molar-refractivity contribution in [3.8, 4) is 0 Å². The van der Waals surface area contributed by atoms with Crippen LogP contribution in [0.15, 0.2) is 0 Å². The predicted molar refractivity (Wildman–Crippen MR) is 28.2 cm³/mol. The van der Waals surface area contributed by atoms with Gasteiger partial charge in [0.05, 0.1) is 13.2 Å². The molecule has 1 heterocycles. The maximum absolute atomic E-state index is 10.4. The highest BCUT2D eigenvalue weighted by molar-refractivity contribution is 5.68. The maximum Gasteiger partial charge on any atom is 0.424 e. The molecule has 1 rings (SSSR count).